The molecule has 1 aromatic heterocycles. The van der Waals surface area contributed by atoms with E-state index in [1.165, 1.54) is 12.3 Å². The van der Waals surface area contributed by atoms with Gasteiger partial charge in [0.1, 0.15) is 0 Å². The van der Waals surface area contributed by atoms with Gasteiger partial charge in [0.15, 0.2) is 0 Å². The van der Waals surface area contributed by atoms with Crippen molar-refractivity contribution in [2.24, 2.45) is 4.99 Å². The Morgan fingerprint density at radius 2 is 2.60 bits per heavy atom. The van der Waals surface area contributed by atoms with Crippen LogP contribution < -0.4 is 0 Å². The molecule has 0 aliphatic carbocycles. The summed E-state index contributed by atoms with van der Waals surface area (Å²) in [5, 5.41) is 1.96. The molecule has 0 N–H and O–H groups in total. The molecule has 0 fully saturated rings. The third kappa shape index (κ3) is 1.97. The van der Waals surface area contributed by atoms with Crippen LogP contribution in [0.5, 0.6) is 0 Å². The molecular formula is C7H5NOS. The first kappa shape index (κ1) is 6.93. The molecule has 0 radical (unpaired) electrons. The number of thiophene rings is 1. The minimum absolute atomic E-state index is 1.08. The Kier molecular flexibility index (Phi) is 2.62. The number of isocyanates is 1. The Morgan fingerprint density at radius 1 is 1.70 bits per heavy atom. The van der Waals surface area contributed by atoms with E-state index in [2.05, 4.69) is 4.99 Å². The lowest BCUT2D eigenvalue weighted by molar-refractivity contribution is 0.565. The fourth-order valence-electron chi connectivity index (χ4n) is 0.527. The first-order chi connectivity index (χ1) is 4.93. The van der Waals surface area contributed by atoms with E-state index in [1.54, 1.807) is 17.4 Å². The molecule has 0 atom stereocenters. The molecule has 0 amide bonds. The number of nitrogens with zero attached hydrogens (tertiary/aromatic N) is 1. The predicted molar refractivity (Wildman–Crippen MR) is 41.5 cm³/mol. The molecule has 0 aromatic carbocycles. The highest BCUT2D eigenvalue weighted by Gasteiger charge is 1.81. The van der Waals surface area contributed by atoms with Crippen LogP contribution in [0.2, 0.25) is 0 Å². The first-order valence-electron chi connectivity index (χ1n) is 2.70. The Morgan fingerprint density at radius 3 is 3.20 bits per heavy atom. The average Bonchev–Trinajstić information content (AvgIpc) is 2.41. The van der Waals surface area contributed by atoms with Gasteiger partial charge in [-0.3, -0.25) is 0 Å². The summed E-state index contributed by atoms with van der Waals surface area (Å²) in [6, 6.07) is 3.89. The lowest BCUT2D eigenvalue weighted by Crippen LogP contribution is -1.53. The molecule has 10 heavy (non-hydrogen) atoms. The smallest absolute Gasteiger partial charge is 0.211 e. The van der Waals surface area contributed by atoms with Crippen molar-refractivity contribution in [3.8, 4) is 0 Å². The standard InChI is InChI=1S/C7H5NOS/c9-6-8-4-3-7-2-1-5-10-7/h1-5H. The molecule has 0 aliphatic rings. The maximum atomic E-state index is 9.59. The Hall–Kier alpha value is -1.18. The molecule has 2 nitrogen and oxygen atoms in total. The van der Waals surface area contributed by atoms with Crippen LogP contribution in [0.1, 0.15) is 4.88 Å². The quantitative estimate of drug-likeness (QED) is 0.470. The fourth-order valence-corrected chi connectivity index (χ4v) is 1.14. The zero-order valence-electron chi connectivity index (χ0n) is 5.15. The lowest BCUT2D eigenvalue weighted by Gasteiger charge is -1.75. The van der Waals surface area contributed by atoms with Crippen LogP contribution in [0.4, 0.5) is 0 Å². The number of hydrogen-bond acceptors (Lipinski definition) is 3. The second kappa shape index (κ2) is 3.77. The molecule has 50 valence electrons. The zero-order valence-corrected chi connectivity index (χ0v) is 5.97. The normalized spacial score (nSPS) is 9.60. The summed E-state index contributed by atoms with van der Waals surface area (Å²) in [6.45, 7) is 0. The summed E-state index contributed by atoms with van der Waals surface area (Å²) in [6.07, 6.45) is 4.61. The average molecular weight is 151 g/mol. The van der Waals surface area contributed by atoms with E-state index in [1.807, 2.05) is 17.5 Å². The Balaban J connectivity index is 2.63. The van der Waals surface area contributed by atoms with Crippen molar-refractivity contribution in [2.45, 2.75) is 0 Å². The van der Waals surface area contributed by atoms with Crippen LogP contribution in [0.15, 0.2) is 28.7 Å². The van der Waals surface area contributed by atoms with E-state index < -0.39 is 0 Å². The van der Waals surface area contributed by atoms with Crippen LogP contribution in [0.25, 0.3) is 6.08 Å². The summed E-state index contributed by atoms with van der Waals surface area (Å²) < 4.78 is 0. The minimum Gasteiger partial charge on any atom is -0.211 e. The second-order valence-corrected chi connectivity index (χ2v) is 2.53. The number of hydrogen-bond donors (Lipinski definition) is 0. The van der Waals surface area contributed by atoms with Gasteiger partial charge in [0, 0.05) is 11.1 Å². The predicted octanol–water partition coefficient (Wildman–Crippen LogP) is 2.05. The monoisotopic (exact) mass is 151 g/mol. The van der Waals surface area contributed by atoms with E-state index in [0.29, 0.717) is 0 Å². The maximum Gasteiger partial charge on any atom is 0.239 e. The van der Waals surface area contributed by atoms with Gasteiger partial charge in [-0.1, -0.05) is 6.07 Å². The molecular weight excluding hydrogens is 146 g/mol. The van der Waals surface area contributed by atoms with Crippen molar-refractivity contribution in [3.63, 3.8) is 0 Å². The van der Waals surface area contributed by atoms with Gasteiger partial charge in [0.25, 0.3) is 0 Å². The third-order valence-electron chi connectivity index (χ3n) is 0.909. The highest BCUT2D eigenvalue weighted by Crippen LogP contribution is 2.09. The minimum atomic E-state index is 1.08. The van der Waals surface area contributed by atoms with Gasteiger partial charge >= 0.3 is 0 Å². The van der Waals surface area contributed by atoms with Gasteiger partial charge in [0.2, 0.25) is 6.08 Å². The van der Waals surface area contributed by atoms with Gasteiger partial charge < -0.3 is 0 Å². The number of rotatable bonds is 2. The third-order valence-corrected chi connectivity index (χ3v) is 1.75. The van der Waals surface area contributed by atoms with Crippen molar-refractivity contribution in [1.29, 1.82) is 0 Å². The first-order valence-corrected chi connectivity index (χ1v) is 3.58. The summed E-state index contributed by atoms with van der Waals surface area (Å²) in [4.78, 5) is 13.9. The lowest BCUT2D eigenvalue weighted by atomic mass is 10.5. The van der Waals surface area contributed by atoms with E-state index >= 15 is 0 Å². The number of aliphatic imine (C=N–C) groups is 1. The second-order valence-electron chi connectivity index (χ2n) is 1.55. The number of carbonyl (C=O) groups excluding carboxylic acids is 1. The maximum absolute atomic E-state index is 9.59. The summed E-state index contributed by atoms with van der Waals surface area (Å²) in [7, 11) is 0. The molecule has 0 saturated carbocycles. The Bertz CT molecular complexity index is 257. The van der Waals surface area contributed by atoms with Gasteiger partial charge in [-0.15, -0.1) is 11.3 Å². The van der Waals surface area contributed by atoms with Crippen molar-refractivity contribution < 1.29 is 4.79 Å². The SMILES string of the molecule is O=C=NC=Cc1cccs1. The van der Waals surface area contributed by atoms with Crippen LogP contribution in [0.3, 0.4) is 0 Å². The van der Waals surface area contributed by atoms with Gasteiger partial charge in [-0.2, -0.15) is 4.99 Å². The highest BCUT2D eigenvalue weighted by molar-refractivity contribution is 7.10. The summed E-state index contributed by atoms with van der Waals surface area (Å²) >= 11 is 1.60. The highest BCUT2D eigenvalue weighted by atomic mass is 32.1. The van der Waals surface area contributed by atoms with E-state index in [4.69, 9.17) is 0 Å². The van der Waals surface area contributed by atoms with Crippen molar-refractivity contribution in [3.05, 3.63) is 28.6 Å². The summed E-state index contributed by atoms with van der Waals surface area (Å²) in [5.74, 6) is 0. The van der Waals surface area contributed by atoms with Crippen molar-refractivity contribution >= 4 is 23.5 Å². The van der Waals surface area contributed by atoms with Crippen LogP contribution in [-0.4, -0.2) is 6.08 Å². The largest absolute Gasteiger partial charge is 0.239 e. The zero-order chi connectivity index (χ0) is 7.23. The molecule has 3 heteroatoms. The topological polar surface area (TPSA) is 29.4 Å². The molecule has 1 heterocycles. The van der Waals surface area contributed by atoms with Gasteiger partial charge in [-0.25, -0.2) is 4.79 Å². The molecule has 0 bridgehead atoms. The van der Waals surface area contributed by atoms with E-state index in [0.717, 1.165) is 4.88 Å². The molecule has 0 unspecified atom stereocenters. The summed E-state index contributed by atoms with van der Waals surface area (Å²) in [5.41, 5.74) is 0. The Labute approximate surface area is 62.5 Å². The van der Waals surface area contributed by atoms with Crippen LogP contribution in [-0.2, 0) is 4.79 Å². The van der Waals surface area contributed by atoms with E-state index in [-0.39, 0.29) is 0 Å². The van der Waals surface area contributed by atoms with E-state index in [9.17, 15) is 4.79 Å². The molecule has 1 aromatic rings. The van der Waals surface area contributed by atoms with Crippen LogP contribution >= 0.6 is 11.3 Å². The van der Waals surface area contributed by atoms with Crippen LogP contribution in [0, 0.1) is 0 Å². The van der Waals surface area contributed by atoms with Crippen molar-refractivity contribution in [1.82, 2.24) is 0 Å². The molecule has 0 saturated heterocycles. The molecule has 0 spiro atoms. The van der Waals surface area contributed by atoms with Gasteiger partial charge in [-0.05, 0) is 17.5 Å². The van der Waals surface area contributed by atoms with Gasteiger partial charge in [0.05, 0.1) is 0 Å². The molecule has 0 aliphatic heterocycles. The fraction of sp³-hybridized carbons (Fsp3) is 0. The van der Waals surface area contributed by atoms with Crippen molar-refractivity contribution in [2.75, 3.05) is 0 Å². The molecule has 1 rings (SSSR count).